The van der Waals surface area contributed by atoms with Crippen LogP contribution in [0.4, 0.5) is 0 Å². The molecule has 7 aliphatic heterocycles. The molecule has 89 heavy (non-hydrogen) atoms. The fourth-order valence-electron chi connectivity index (χ4n) is 11.3. The summed E-state index contributed by atoms with van der Waals surface area (Å²) >= 11 is 0. The van der Waals surface area contributed by atoms with E-state index in [1.165, 1.54) is 6.92 Å². The van der Waals surface area contributed by atoms with Crippen LogP contribution < -0.4 is 21.3 Å². The number of ether oxygens (including phenoxy) is 13. The van der Waals surface area contributed by atoms with Crippen molar-refractivity contribution in [2.24, 2.45) is 0 Å². The van der Waals surface area contributed by atoms with Crippen LogP contribution >= 0.6 is 0 Å². The second-order valence-corrected chi connectivity index (χ2v) is 22.6. The Bertz CT molecular complexity index is 2290. The number of carbonyl (C=O) groups is 4. The van der Waals surface area contributed by atoms with Crippen LogP contribution in [0.1, 0.15) is 34.6 Å². The quantitative estimate of drug-likeness (QED) is 0.0479. The van der Waals surface area contributed by atoms with Crippen molar-refractivity contribution in [3.63, 3.8) is 0 Å². The molecule has 514 valence electrons. The minimum Gasteiger partial charge on any atom is -0.394 e. The van der Waals surface area contributed by atoms with Crippen LogP contribution in [0.3, 0.4) is 0 Å². The van der Waals surface area contributed by atoms with Crippen molar-refractivity contribution >= 4 is 23.6 Å². The molecule has 0 saturated carbocycles. The van der Waals surface area contributed by atoms with Gasteiger partial charge in [-0.2, -0.15) is 0 Å². The predicted octanol–water partition coefficient (Wildman–Crippen LogP) is -14.7. The number of nitrogens with one attached hydrogen (secondary N) is 4. The van der Waals surface area contributed by atoms with Crippen LogP contribution in [0.5, 0.6) is 0 Å². The van der Waals surface area contributed by atoms with Crippen LogP contribution in [0.25, 0.3) is 0 Å². The van der Waals surface area contributed by atoms with E-state index < -0.39 is 278 Å². The summed E-state index contributed by atoms with van der Waals surface area (Å²) in [5.74, 6) is -3.23. The van der Waals surface area contributed by atoms with E-state index in [1.807, 2.05) is 0 Å². The molecule has 0 bridgehead atoms. The maximum atomic E-state index is 12.9. The monoisotopic (exact) mass is 1300 g/mol. The number of rotatable bonds is 22. The molecule has 0 aromatic heterocycles. The Morgan fingerprint density at radius 1 is 0.315 bits per heavy atom. The van der Waals surface area contributed by atoms with E-state index in [1.54, 1.807) is 0 Å². The maximum absolute atomic E-state index is 12.9. The summed E-state index contributed by atoms with van der Waals surface area (Å²) in [5.41, 5.74) is 0. The van der Waals surface area contributed by atoms with Crippen molar-refractivity contribution in [1.29, 1.82) is 0 Å². The molecule has 7 fully saturated rings. The molecule has 0 radical (unpaired) electrons. The summed E-state index contributed by atoms with van der Waals surface area (Å²) in [7, 11) is 0. The van der Waals surface area contributed by atoms with Crippen molar-refractivity contribution in [2.75, 3.05) is 39.6 Å². The summed E-state index contributed by atoms with van der Waals surface area (Å²) in [6, 6.07) is -6.77. The van der Waals surface area contributed by atoms with Crippen LogP contribution in [0.15, 0.2) is 0 Å². The second kappa shape index (κ2) is 31.7. The van der Waals surface area contributed by atoms with Crippen molar-refractivity contribution in [2.45, 2.75) is 249 Å². The molecule has 39 heteroatoms. The first-order valence-electron chi connectivity index (χ1n) is 28.4. The van der Waals surface area contributed by atoms with E-state index in [0.717, 1.165) is 27.7 Å². The van der Waals surface area contributed by atoms with Crippen molar-refractivity contribution in [3.05, 3.63) is 0 Å². The lowest BCUT2D eigenvalue weighted by atomic mass is 9.93. The second-order valence-electron chi connectivity index (χ2n) is 22.6. The van der Waals surface area contributed by atoms with Gasteiger partial charge in [0.15, 0.2) is 44.0 Å². The van der Waals surface area contributed by atoms with Gasteiger partial charge in [0.1, 0.15) is 165 Å². The fraction of sp³-hybridized carbons (Fsp3) is 0.920. The van der Waals surface area contributed by atoms with Gasteiger partial charge in [-0.25, -0.2) is 0 Å². The fourth-order valence-corrected chi connectivity index (χ4v) is 11.3. The highest BCUT2D eigenvalue weighted by atomic mass is 16.8. The highest BCUT2D eigenvalue weighted by molar-refractivity contribution is 5.74. The van der Waals surface area contributed by atoms with Gasteiger partial charge >= 0.3 is 0 Å². The molecule has 4 amide bonds. The van der Waals surface area contributed by atoms with E-state index >= 15 is 0 Å². The zero-order valence-corrected chi connectivity index (χ0v) is 48.4. The molecule has 0 spiro atoms. The standard InChI is InChI=1S/C50H84N4O35/c1-12-27(63)36(72)38(74)48(79-12)78-11-22-41(34(70)23(44(76)80-22)51-13(2)59)86-47-26(54-16(5)62)35(71)40(20(9-58)84-47)87-49-39(75)42(31(67)19(8-57)83-49)88-50-43(89-46-25(53-15(4)61)33(69)29(65)18(7-56)82-46)37(73)30(66)21(85-50)10-77-45-24(52-14(3)60)32(68)28(64)17(6-55)81-45/h12,17-50,55-58,63-76H,6-11H2,1-5H3,(H,51,59)(H,52,60)(H,53,61)(H,54,62)/t12-,17+,18+,19+,20+,21+,22+,23+,24+,25+,26+,27+,28+,29+,30+,31+,32+,33+,34+,35+,36+,37-,38-,39-,40+,41+,42-,43-,44+,45+,46-,47-,48+,49-,50+/m0/s1. The summed E-state index contributed by atoms with van der Waals surface area (Å²) in [6.07, 6.45) is -59.0. The van der Waals surface area contributed by atoms with E-state index in [4.69, 9.17) is 61.6 Å². The third-order valence-corrected chi connectivity index (χ3v) is 16.1. The Morgan fingerprint density at radius 2 is 0.697 bits per heavy atom. The average Bonchev–Trinajstić information content (AvgIpc) is 0.912. The van der Waals surface area contributed by atoms with Gasteiger partial charge in [-0.3, -0.25) is 19.2 Å². The summed E-state index contributed by atoms with van der Waals surface area (Å²) in [5, 5.41) is 207. The largest absolute Gasteiger partial charge is 0.394 e. The highest BCUT2D eigenvalue weighted by Crippen LogP contribution is 2.37. The van der Waals surface area contributed by atoms with Crippen molar-refractivity contribution in [1.82, 2.24) is 21.3 Å². The molecular formula is C50H84N4O35. The predicted molar refractivity (Wildman–Crippen MR) is 277 cm³/mol. The zero-order valence-electron chi connectivity index (χ0n) is 48.4. The summed E-state index contributed by atoms with van der Waals surface area (Å²) < 4.78 is 76.2. The maximum Gasteiger partial charge on any atom is 0.217 e. The van der Waals surface area contributed by atoms with Gasteiger partial charge in [-0.05, 0) is 6.92 Å². The number of carbonyl (C=O) groups excluding carboxylic acids is 4. The van der Waals surface area contributed by atoms with Gasteiger partial charge in [0, 0.05) is 27.7 Å². The molecule has 0 aliphatic carbocycles. The first kappa shape index (κ1) is 73.1. The molecule has 7 heterocycles. The van der Waals surface area contributed by atoms with Crippen LogP contribution in [0, 0.1) is 0 Å². The highest BCUT2D eigenvalue weighted by Gasteiger charge is 2.59. The van der Waals surface area contributed by atoms with Crippen LogP contribution in [0.2, 0.25) is 0 Å². The van der Waals surface area contributed by atoms with Gasteiger partial charge in [0.25, 0.3) is 0 Å². The summed E-state index contributed by atoms with van der Waals surface area (Å²) in [6.45, 7) is -0.285. The molecule has 39 nitrogen and oxygen atoms in total. The minimum atomic E-state index is -2.37. The van der Waals surface area contributed by atoms with Crippen LogP contribution in [-0.2, 0) is 80.8 Å². The molecule has 35 atom stereocenters. The molecule has 0 unspecified atom stereocenters. The Kier molecular flexibility index (Phi) is 26.0. The Hall–Kier alpha value is -3.36. The van der Waals surface area contributed by atoms with E-state index in [-0.39, 0.29) is 0 Å². The number of aliphatic hydroxyl groups is 18. The first-order chi connectivity index (χ1) is 42.0. The lowest BCUT2D eigenvalue weighted by Gasteiger charge is -2.51. The smallest absolute Gasteiger partial charge is 0.217 e. The van der Waals surface area contributed by atoms with Gasteiger partial charge in [-0.1, -0.05) is 0 Å². The van der Waals surface area contributed by atoms with Crippen molar-refractivity contribution < 1.29 is 173 Å². The zero-order chi connectivity index (χ0) is 65.8. The molecule has 0 aromatic rings. The number of aliphatic hydroxyl groups excluding tert-OH is 18. The normalized spacial score (nSPS) is 48.0. The molecule has 7 rings (SSSR count). The third kappa shape index (κ3) is 16.6. The van der Waals surface area contributed by atoms with E-state index in [0.29, 0.717) is 0 Å². The SMILES string of the molecule is CC(=O)N[C@@H]1[C@@H](O)[C@H](O[C@@H]2O[C@H](CO)[C@@H](O[C@@H]3O[C@H](CO)[C@@H](O)[C@H](O[C@H]4O[C@H](CO[C@@H]5O[C@H](CO)[C@@H](O)[C@H](O)[C@H]5NC(C)=O)[C@@H](O)[C@H](O)[C@@H]4O[C@@H]4O[C@H](CO)[C@@H](O)[C@H](O)[C@H]4NC(C)=O)[C@@H]3O)[C@H](O)[C@H]2NC(C)=O)[C@@H](CO[C@@H]2O[C@@H](C)[C@@H](O)[C@@H](O)[C@@H]2O)O[C@H]1O. The molecule has 22 N–H and O–H groups in total. The van der Waals surface area contributed by atoms with E-state index in [2.05, 4.69) is 21.3 Å². The van der Waals surface area contributed by atoms with Crippen LogP contribution in [-0.4, -0.2) is 370 Å². The van der Waals surface area contributed by atoms with Gasteiger partial charge in [0.05, 0.1) is 45.7 Å². The topological polar surface area (TPSA) is 601 Å². The third-order valence-electron chi connectivity index (χ3n) is 16.1. The van der Waals surface area contributed by atoms with Crippen molar-refractivity contribution in [3.8, 4) is 0 Å². The van der Waals surface area contributed by atoms with E-state index in [9.17, 15) is 111 Å². The Morgan fingerprint density at radius 3 is 1.24 bits per heavy atom. The summed E-state index contributed by atoms with van der Waals surface area (Å²) in [4.78, 5) is 49.6. The number of amides is 4. The van der Waals surface area contributed by atoms with Gasteiger partial charge in [0.2, 0.25) is 23.6 Å². The molecule has 7 aliphatic rings. The molecular weight excluding hydrogens is 1220 g/mol. The number of hydrogen-bond acceptors (Lipinski definition) is 35. The minimum absolute atomic E-state index is 0.749. The first-order valence-corrected chi connectivity index (χ1v) is 28.4. The number of hydrogen-bond donors (Lipinski definition) is 22. The Labute approximate surface area is 505 Å². The molecule has 7 saturated heterocycles. The van der Waals surface area contributed by atoms with Gasteiger partial charge < -0.3 is 175 Å². The lowest BCUT2D eigenvalue weighted by molar-refractivity contribution is -0.394. The van der Waals surface area contributed by atoms with Gasteiger partial charge in [-0.15, -0.1) is 0 Å². The lowest BCUT2D eigenvalue weighted by Crippen LogP contribution is -2.70. The average molecular weight is 1300 g/mol. The molecule has 0 aromatic carbocycles. The Balaban J connectivity index is 1.17.